The number of carbonyl (C=O) groups excluding carboxylic acids is 1. The summed E-state index contributed by atoms with van der Waals surface area (Å²) >= 11 is 0. The van der Waals surface area contributed by atoms with Crippen LogP contribution in [0, 0.1) is 28.6 Å². The monoisotopic (exact) mass is 296 g/mol. The summed E-state index contributed by atoms with van der Waals surface area (Å²) in [5.74, 6) is 2.55. The summed E-state index contributed by atoms with van der Waals surface area (Å²) in [6.07, 6.45) is 16.2. The normalized spacial score (nSPS) is 46.5. The van der Waals surface area contributed by atoms with Crippen molar-refractivity contribution in [3.63, 3.8) is 0 Å². The molecule has 0 aliphatic heterocycles. The molecule has 4 aliphatic rings. The molecular formula is C21H28O. The van der Waals surface area contributed by atoms with Gasteiger partial charge in [0.15, 0.2) is 5.78 Å². The molecular weight excluding hydrogens is 268 g/mol. The molecule has 0 radical (unpaired) electrons. The average Bonchev–Trinajstić information content (AvgIpc) is 2.84. The van der Waals surface area contributed by atoms with Crippen LogP contribution in [-0.2, 0) is 4.79 Å². The van der Waals surface area contributed by atoms with Crippen molar-refractivity contribution in [3.05, 3.63) is 35.5 Å². The second-order valence-electron chi connectivity index (χ2n) is 8.41. The SMILES string of the molecule is CCC1=CCC2C3C=CC4=CC(=O)CCC4(C)C3CCC12C. The first-order chi connectivity index (χ1) is 10.5. The van der Waals surface area contributed by atoms with Crippen molar-refractivity contribution in [3.8, 4) is 0 Å². The number of fused-ring (bicyclic) bond motifs is 5. The van der Waals surface area contributed by atoms with E-state index in [9.17, 15) is 4.79 Å². The molecule has 0 aromatic heterocycles. The van der Waals surface area contributed by atoms with Gasteiger partial charge < -0.3 is 0 Å². The third-order valence-electron chi connectivity index (χ3n) is 7.64. The molecule has 5 unspecified atom stereocenters. The lowest BCUT2D eigenvalue weighted by molar-refractivity contribution is -0.116. The Labute approximate surface area is 134 Å². The van der Waals surface area contributed by atoms with E-state index in [0.29, 0.717) is 17.1 Å². The highest BCUT2D eigenvalue weighted by atomic mass is 16.1. The first-order valence-corrected chi connectivity index (χ1v) is 9.12. The van der Waals surface area contributed by atoms with Gasteiger partial charge in [-0.3, -0.25) is 4.79 Å². The van der Waals surface area contributed by atoms with E-state index in [1.807, 2.05) is 6.08 Å². The van der Waals surface area contributed by atoms with Crippen molar-refractivity contribution >= 4 is 5.78 Å². The minimum absolute atomic E-state index is 0.240. The standard InChI is InChI=1S/C21H28O/c1-4-14-6-8-18-17-7-5-15-13-16(22)9-11-21(15,3)19(17)10-12-20(14,18)2/h5-7,13,17-19H,4,8-12H2,1-3H3. The molecule has 0 N–H and O–H groups in total. The number of ketones is 1. The molecule has 0 bridgehead atoms. The van der Waals surface area contributed by atoms with E-state index in [2.05, 4.69) is 39.0 Å². The average molecular weight is 296 g/mol. The van der Waals surface area contributed by atoms with Crippen LogP contribution in [0.25, 0.3) is 0 Å². The van der Waals surface area contributed by atoms with Crippen molar-refractivity contribution in [1.82, 2.24) is 0 Å². The molecule has 1 fully saturated rings. The van der Waals surface area contributed by atoms with Crippen molar-refractivity contribution < 1.29 is 4.79 Å². The molecule has 4 aliphatic carbocycles. The van der Waals surface area contributed by atoms with Gasteiger partial charge in [-0.05, 0) is 72.3 Å². The topological polar surface area (TPSA) is 17.1 Å². The largest absolute Gasteiger partial charge is 0.295 e. The Kier molecular flexibility index (Phi) is 3.09. The highest BCUT2D eigenvalue weighted by molar-refractivity contribution is 5.92. The summed E-state index contributed by atoms with van der Waals surface area (Å²) in [6, 6.07) is 0. The maximum Gasteiger partial charge on any atom is 0.156 e. The summed E-state index contributed by atoms with van der Waals surface area (Å²) in [4.78, 5) is 11.8. The number of hydrogen-bond acceptors (Lipinski definition) is 1. The number of carbonyl (C=O) groups is 1. The van der Waals surface area contributed by atoms with Gasteiger partial charge in [0.25, 0.3) is 0 Å². The lowest BCUT2D eigenvalue weighted by Crippen LogP contribution is -2.48. The summed E-state index contributed by atoms with van der Waals surface area (Å²) in [5.41, 5.74) is 3.69. The van der Waals surface area contributed by atoms with Crippen molar-refractivity contribution in [1.29, 1.82) is 0 Å². The smallest absolute Gasteiger partial charge is 0.156 e. The summed E-state index contributed by atoms with van der Waals surface area (Å²) in [6.45, 7) is 7.26. The minimum atomic E-state index is 0.240. The maximum atomic E-state index is 11.8. The van der Waals surface area contributed by atoms with Gasteiger partial charge in [-0.15, -0.1) is 0 Å². The second-order valence-corrected chi connectivity index (χ2v) is 8.41. The first kappa shape index (κ1) is 14.5. The highest BCUT2D eigenvalue weighted by Crippen LogP contribution is 2.63. The molecule has 0 saturated heterocycles. The van der Waals surface area contributed by atoms with E-state index < -0.39 is 0 Å². The highest BCUT2D eigenvalue weighted by Gasteiger charge is 2.55. The van der Waals surface area contributed by atoms with E-state index in [-0.39, 0.29) is 5.41 Å². The van der Waals surface area contributed by atoms with Crippen LogP contribution in [0.1, 0.15) is 59.3 Å². The third-order valence-corrected chi connectivity index (χ3v) is 7.64. The summed E-state index contributed by atoms with van der Waals surface area (Å²) in [5, 5.41) is 0. The Morgan fingerprint density at radius 1 is 1.18 bits per heavy atom. The predicted molar refractivity (Wildman–Crippen MR) is 90.4 cm³/mol. The van der Waals surface area contributed by atoms with Crippen LogP contribution in [0.3, 0.4) is 0 Å². The van der Waals surface area contributed by atoms with Gasteiger partial charge in [0.05, 0.1) is 0 Å². The molecule has 1 heteroatoms. The molecule has 0 amide bonds. The van der Waals surface area contributed by atoms with Crippen LogP contribution in [0.4, 0.5) is 0 Å². The van der Waals surface area contributed by atoms with Gasteiger partial charge in [-0.1, -0.05) is 44.6 Å². The molecule has 0 aromatic rings. The van der Waals surface area contributed by atoms with Gasteiger partial charge >= 0.3 is 0 Å². The van der Waals surface area contributed by atoms with Crippen LogP contribution in [0.15, 0.2) is 35.5 Å². The first-order valence-electron chi connectivity index (χ1n) is 9.12. The fourth-order valence-electron chi connectivity index (χ4n) is 6.21. The Morgan fingerprint density at radius 2 is 2.00 bits per heavy atom. The summed E-state index contributed by atoms with van der Waals surface area (Å²) < 4.78 is 0. The molecule has 0 spiro atoms. The molecule has 0 heterocycles. The van der Waals surface area contributed by atoms with E-state index in [4.69, 9.17) is 0 Å². The third kappa shape index (κ3) is 1.74. The molecule has 1 saturated carbocycles. The molecule has 118 valence electrons. The van der Waals surface area contributed by atoms with Crippen LogP contribution in [0.2, 0.25) is 0 Å². The lowest BCUT2D eigenvalue weighted by Gasteiger charge is -2.55. The molecule has 1 nitrogen and oxygen atoms in total. The molecule has 0 aromatic carbocycles. The zero-order valence-corrected chi connectivity index (χ0v) is 14.2. The number of hydrogen-bond donors (Lipinski definition) is 0. The van der Waals surface area contributed by atoms with Crippen LogP contribution in [-0.4, -0.2) is 5.78 Å². The maximum absolute atomic E-state index is 11.8. The van der Waals surface area contributed by atoms with Crippen LogP contribution < -0.4 is 0 Å². The Bertz CT molecular complexity index is 607. The quantitative estimate of drug-likeness (QED) is 0.605. The van der Waals surface area contributed by atoms with Crippen LogP contribution in [0.5, 0.6) is 0 Å². The van der Waals surface area contributed by atoms with E-state index >= 15 is 0 Å². The number of allylic oxidation sites excluding steroid dienone is 6. The van der Waals surface area contributed by atoms with E-state index in [0.717, 1.165) is 24.7 Å². The van der Waals surface area contributed by atoms with E-state index in [1.54, 1.807) is 5.57 Å². The Balaban J connectivity index is 1.73. The van der Waals surface area contributed by atoms with Gasteiger partial charge in [-0.25, -0.2) is 0 Å². The van der Waals surface area contributed by atoms with Gasteiger partial charge in [0, 0.05) is 6.42 Å². The van der Waals surface area contributed by atoms with Crippen LogP contribution >= 0.6 is 0 Å². The predicted octanol–water partition coefficient (Wildman–Crippen LogP) is 5.24. The van der Waals surface area contributed by atoms with Crippen molar-refractivity contribution in [2.24, 2.45) is 28.6 Å². The molecule has 5 atom stereocenters. The van der Waals surface area contributed by atoms with Gasteiger partial charge in [0.2, 0.25) is 0 Å². The van der Waals surface area contributed by atoms with Crippen molar-refractivity contribution in [2.45, 2.75) is 59.3 Å². The zero-order chi connectivity index (χ0) is 15.5. The van der Waals surface area contributed by atoms with E-state index in [1.165, 1.54) is 31.3 Å². The van der Waals surface area contributed by atoms with Crippen molar-refractivity contribution in [2.75, 3.05) is 0 Å². The Hall–Kier alpha value is -1.11. The second kappa shape index (κ2) is 4.69. The fraction of sp³-hybridized carbons (Fsp3) is 0.667. The minimum Gasteiger partial charge on any atom is -0.295 e. The Morgan fingerprint density at radius 3 is 2.77 bits per heavy atom. The summed E-state index contributed by atoms with van der Waals surface area (Å²) in [7, 11) is 0. The fourth-order valence-corrected chi connectivity index (χ4v) is 6.21. The van der Waals surface area contributed by atoms with Gasteiger partial charge in [-0.2, -0.15) is 0 Å². The van der Waals surface area contributed by atoms with Gasteiger partial charge in [0.1, 0.15) is 0 Å². The lowest BCUT2D eigenvalue weighted by atomic mass is 9.48. The number of rotatable bonds is 1. The zero-order valence-electron chi connectivity index (χ0n) is 14.2. The molecule has 4 rings (SSSR count). The molecule has 22 heavy (non-hydrogen) atoms.